The van der Waals surface area contributed by atoms with Crippen molar-refractivity contribution < 1.29 is 13.0 Å². The Morgan fingerprint density at radius 2 is 1.57 bits per heavy atom. The number of hydrogen-bond donors (Lipinski definition) is 1. The average Bonchev–Trinajstić information content (AvgIpc) is 2.54. The molecule has 1 N–H and O–H groups in total. The second-order valence-electron chi connectivity index (χ2n) is 4.75. The van der Waals surface area contributed by atoms with Crippen molar-refractivity contribution in [1.29, 1.82) is 0 Å². The topological polar surface area (TPSA) is 79.1 Å². The Hall–Kier alpha value is -2.22. The molecule has 0 atom stereocenters. The second-order valence-corrected chi connectivity index (χ2v) is 6.99. The summed E-state index contributed by atoms with van der Waals surface area (Å²) in [4.78, 5) is 0.792. The van der Waals surface area contributed by atoms with Crippen LogP contribution < -0.4 is 0 Å². The molecule has 0 radical (unpaired) electrons. The van der Waals surface area contributed by atoms with Crippen LogP contribution in [0.2, 0.25) is 0 Å². The summed E-state index contributed by atoms with van der Waals surface area (Å²) < 4.78 is 34.8. The molecular weight excluding hydrogens is 332 g/mol. The van der Waals surface area contributed by atoms with E-state index in [0.717, 1.165) is 15.7 Å². The van der Waals surface area contributed by atoms with Gasteiger partial charge in [0.05, 0.1) is 10.6 Å². The van der Waals surface area contributed by atoms with Crippen molar-refractivity contribution in [3.63, 3.8) is 0 Å². The van der Waals surface area contributed by atoms with Crippen molar-refractivity contribution >= 4 is 38.5 Å². The first kappa shape index (κ1) is 15.7. The summed E-state index contributed by atoms with van der Waals surface area (Å²) in [5.74, 6) is 0. The Labute approximate surface area is 138 Å². The molecule has 3 aromatic rings. The van der Waals surface area contributed by atoms with Crippen LogP contribution in [0, 0.1) is 0 Å². The highest BCUT2D eigenvalue weighted by molar-refractivity contribution is 7.97. The molecule has 0 amide bonds. The summed E-state index contributed by atoms with van der Waals surface area (Å²) in [6.07, 6.45) is 0. The Bertz CT molecular complexity index is 968. The fourth-order valence-electron chi connectivity index (χ4n) is 2.02. The standard InChI is InChI=1S/C16H12N2O3S2/c19-23(20,21)16-9-6-14(7-10-16)17-18-22-15-8-5-12-3-1-2-4-13(12)11-15/h1-11H,(H,19,20,21). The van der Waals surface area contributed by atoms with Crippen molar-refractivity contribution in [3.8, 4) is 0 Å². The van der Waals surface area contributed by atoms with Crippen molar-refractivity contribution in [2.45, 2.75) is 9.79 Å². The number of nitrogens with zero attached hydrogens (tertiary/aromatic N) is 2. The van der Waals surface area contributed by atoms with Gasteiger partial charge in [0.15, 0.2) is 0 Å². The van der Waals surface area contributed by atoms with Gasteiger partial charge in [-0.3, -0.25) is 4.55 Å². The largest absolute Gasteiger partial charge is 0.294 e. The van der Waals surface area contributed by atoms with Gasteiger partial charge >= 0.3 is 0 Å². The van der Waals surface area contributed by atoms with Gasteiger partial charge in [-0.25, -0.2) is 0 Å². The predicted octanol–water partition coefficient (Wildman–Crippen LogP) is 4.88. The Morgan fingerprint density at radius 1 is 0.870 bits per heavy atom. The minimum atomic E-state index is -4.18. The lowest BCUT2D eigenvalue weighted by Gasteiger charge is -1.99. The van der Waals surface area contributed by atoms with Crippen LogP contribution in [0.3, 0.4) is 0 Å². The zero-order valence-electron chi connectivity index (χ0n) is 11.8. The van der Waals surface area contributed by atoms with Crippen molar-refractivity contribution in [1.82, 2.24) is 0 Å². The van der Waals surface area contributed by atoms with Crippen LogP contribution >= 0.6 is 11.9 Å². The van der Waals surface area contributed by atoms with Crippen LogP contribution in [0.1, 0.15) is 0 Å². The van der Waals surface area contributed by atoms with Crippen LogP contribution in [0.4, 0.5) is 5.69 Å². The number of rotatable bonds is 4. The summed E-state index contributed by atoms with van der Waals surface area (Å²) in [7, 11) is -4.18. The van der Waals surface area contributed by atoms with Gasteiger partial charge in [0, 0.05) is 16.8 Å². The molecule has 0 fully saturated rings. The van der Waals surface area contributed by atoms with Gasteiger partial charge < -0.3 is 0 Å². The van der Waals surface area contributed by atoms with Crippen molar-refractivity contribution in [3.05, 3.63) is 66.7 Å². The van der Waals surface area contributed by atoms with E-state index in [4.69, 9.17) is 4.55 Å². The Morgan fingerprint density at radius 3 is 2.26 bits per heavy atom. The monoisotopic (exact) mass is 344 g/mol. The maximum atomic E-state index is 10.9. The van der Waals surface area contributed by atoms with Gasteiger partial charge in [0.2, 0.25) is 0 Å². The van der Waals surface area contributed by atoms with E-state index in [1.54, 1.807) is 0 Å². The quantitative estimate of drug-likeness (QED) is 0.416. The molecule has 0 aliphatic rings. The SMILES string of the molecule is O=S(=O)(O)c1ccc(N=NSc2ccc3ccccc3c2)cc1. The van der Waals surface area contributed by atoms with Gasteiger partial charge in [-0.05, 0) is 47.2 Å². The molecule has 7 heteroatoms. The highest BCUT2D eigenvalue weighted by atomic mass is 32.2. The molecule has 0 aliphatic heterocycles. The molecule has 0 spiro atoms. The lowest BCUT2D eigenvalue weighted by Crippen LogP contribution is -1.96. The van der Waals surface area contributed by atoms with E-state index in [0.29, 0.717) is 5.69 Å². The summed E-state index contributed by atoms with van der Waals surface area (Å²) in [5.41, 5.74) is 0.505. The Balaban J connectivity index is 1.72. The molecule has 0 unspecified atom stereocenters. The van der Waals surface area contributed by atoms with Crippen molar-refractivity contribution in [2.24, 2.45) is 9.63 Å². The minimum Gasteiger partial charge on any atom is -0.282 e. The predicted molar refractivity (Wildman–Crippen MR) is 90.6 cm³/mol. The third-order valence-electron chi connectivity index (χ3n) is 3.16. The number of fused-ring (bicyclic) bond motifs is 1. The van der Waals surface area contributed by atoms with E-state index in [-0.39, 0.29) is 4.90 Å². The normalized spacial score (nSPS) is 12.0. The molecular formula is C16H12N2O3S2. The molecule has 3 aromatic carbocycles. The van der Waals surface area contributed by atoms with E-state index >= 15 is 0 Å². The van der Waals surface area contributed by atoms with Gasteiger partial charge in [0.25, 0.3) is 10.1 Å². The maximum Gasteiger partial charge on any atom is 0.294 e. The fraction of sp³-hybridized carbons (Fsp3) is 0. The number of benzene rings is 3. The first-order valence-corrected chi connectivity index (χ1v) is 8.88. The highest BCUT2D eigenvalue weighted by Crippen LogP contribution is 2.26. The zero-order chi connectivity index (χ0) is 16.3. The van der Waals surface area contributed by atoms with E-state index in [2.05, 4.69) is 9.63 Å². The van der Waals surface area contributed by atoms with E-state index in [9.17, 15) is 8.42 Å². The lowest BCUT2D eigenvalue weighted by atomic mass is 10.1. The van der Waals surface area contributed by atoms with Gasteiger partial charge in [0.1, 0.15) is 0 Å². The molecule has 0 bridgehead atoms. The van der Waals surface area contributed by atoms with E-state index in [1.165, 1.54) is 36.2 Å². The first-order chi connectivity index (χ1) is 11.0. The lowest BCUT2D eigenvalue weighted by molar-refractivity contribution is 0.483. The van der Waals surface area contributed by atoms with E-state index < -0.39 is 10.1 Å². The van der Waals surface area contributed by atoms with Crippen LogP contribution in [0.5, 0.6) is 0 Å². The van der Waals surface area contributed by atoms with Gasteiger partial charge in [-0.15, -0.1) is 9.63 Å². The molecule has 116 valence electrons. The van der Waals surface area contributed by atoms with Gasteiger partial charge in [-0.2, -0.15) is 8.42 Å². The minimum absolute atomic E-state index is 0.168. The number of hydrogen-bond acceptors (Lipinski definition) is 5. The molecule has 0 saturated heterocycles. The molecule has 0 heterocycles. The van der Waals surface area contributed by atoms with Gasteiger partial charge in [-0.1, -0.05) is 30.3 Å². The zero-order valence-corrected chi connectivity index (χ0v) is 13.5. The molecule has 0 aliphatic carbocycles. The molecule has 3 rings (SSSR count). The summed E-state index contributed by atoms with van der Waals surface area (Å²) in [5, 5.41) is 6.31. The second kappa shape index (κ2) is 6.49. The Kier molecular flexibility index (Phi) is 4.42. The molecule has 0 saturated carbocycles. The van der Waals surface area contributed by atoms with Crippen molar-refractivity contribution in [2.75, 3.05) is 0 Å². The average molecular weight is 344 g/mol. The van der Waals surface area contributed by atoms with E-state index in [1.807, 2.05) is 42.5 Å². The third-order valence-corrected chi connectivity index (χ3v) is 4.65. The fourth-order valence-corrected chi connectivity index (χ4v) is 3.04. The van der Waals surface area contributed by atoms with Crippen LogP contribution in [0.15, 0.2) is 86.2 Å². The molecule has 0 aromatic heterocycles. The molecule has 5 nitrogen and oxygen atoms in total. The highest BCUT2D eigenvalue weighted by Gasteiger charge is 2.08. The summed E-state index contributed by atoms with van der Waals surface area (Å²) in [6, 6.07) is 19.6. The summed E-state index contributed by atoms with van der Waals surface area (Å²) >= 11 is 1.23. The van der Waals surface area contributed by atoms with Crippen LogP contribution in [-0.4, -0.2) is 13.0 Å². The van der Waals surface area contributed by atoms with Crippen LogP contribution in [0.25, 0.3) is 10.8 Å². The molecule has 23 heavy (non-hydrogen) atoms. The third kappa shape index (κ3) is 3.95. The van der Waals surface area contributed by atoms with Crippen LogP contribution in [-0.2, 0) is 10.1 Å². The summed E-state index contributed by atoms with van der Waals surface area (Å²) in [6.45, 7) is 0. The first-order valence-electron chi connectivity index (χ1n) is 6.67. The maximum absolute atomic E-state index is 10.9. The smallest absolute Gasteiger partial charge is 0.282 e.